The molecule has 1 atom stereocenters. The van der Waals surface area contributed by atoms with E-state index in [1.807, 2.05) is 0 Å². The van der Waals surface area contributed by atoms with Crippen molar-refractivity contribution in [3.8, 4) is 0 Å². The summed E-state index contributed by atoms with van der Waals surface area (Å²) in [5, 5.41) is 16.9. The van der Waals surface area contributed by atoms with Crippen LogP contribution in [0.4, 0.5) is 0 Å². The normalized spacial score (nSPS) is 12.7. The summed E-state index contributed by atoms with van der Waals surface area (Å²) in [6.45, 7) is 2.99. The van der Waals surface area contributed by atoms with E-state index in [4.69, 9.17) is 15.9 Å². The average molecular weight is 131 g/mol. The molecule has 0 aliphatic carbocycles. The van der Waals surface area contributed by atoms with Crippen LogP contribution < -0.4 is 5.73 Å². The Balaban J connectivity index is 3.88. The molecule has 0 aliphatic heterocycles. The molecule has 52 valence electrons. The lowest BCUT2D eigenvalue weighted by atomic mass is 10.2. The Labute approximate surface area is 52.6 Å². The molecule has 4 N–H and O–H groups in total. The third kappa shape index (κ3) is 2.25. The summed E-state index contributed by atoms with van der Waals surface area (Å²) in [6.07, 6.45) is -1.12. The molecule has 0 aromatic rings. The van der Waals surface area contributed by atoms with E-state index < -0.39 is 12.1 Å². The molecular weight excluding hydrogens is 122 g/mol. The first kappa shape index (κ1) is 8.13. The number of carbonyl (C=O) groups is 1. The van der Waals surface area contributed by atoms with Crippen molar-refractivity contribution >= 4 is 5.97 Å². The number of aliphatic hydroxyl groups is 1. The van der Waals surface area contributed by atoms with Gasteiger partial charge in [-0.3, -0.25) is 0 Å². The van der Waals surface area contributed by atoms with Crippen molar-refractivity contribution in [2.45, 2.75) is 6.10 Å². The highest BCUT2D eigenvalue weighted by atomic mass is 16.4. The van der Waals surface area contributed by atoms with Crippen LogP contribution in [0.1, 0.15) is 0 Å². The lowest BCUT2D eigenvalue weighted by molar-refractivity contribution is -0.133. The monoisotopic (exact) mass is 131 g/mol. The van der Waals surface area contributed by atoms with Crippen molar-refractivity contribution in [1.29, 1.82) is 0 Å². The van der Waals surface area contributed by atoms with Gasteiger partial charge in [-0.15, -0.1) is 0 Å². The van der Waals surface area contributed by atoms with E-state index in [1.54, 1.807) is 0 Å². The lowest BCUT2D eigenvalue weighted by Crippen LogP contribution is -2.25. The Morgan fingerprint density at radius 1 is 1.78 bits per heavy atom. The molecule has 0 aliphatic rings. The van der Waals surface area contributed by atoms with E-state index in [2.05, 4.69) is 6.58 Å². The van der Waals surface area contributed by atoms with E-state index in [0.29, 0.717) is 0 Å². The standard InChI is InChI=1S/C5H9NO3/c1-3(5(8)9)4(7)2-6/h4,7H,1-2,6H2,(H,8,9). The van der Waals surface area contributed by atoms with E-state index in [1.165, 1.54) is 0 Å². The molecule has 0 rings (SSSR count). The van der Waals surface area contributed by atoms with E-state index in [9.17, 15) is 4.79 Å². The van der Waals surface area contributed by atoms with Gasteiger partial charge in [-0.2, -0.15) is 0 Å². The lowest BCUT2D eigenvalue weighted by Gasteiger charge is -2.04. The number of hydrogen-bond acceptors (Lipinski definition) is 3. The number of carboxylic acid groups (broad SMARTS) is 1. The summed E-state index contributed by atoms with van der Waals surface area (Å²) >= 11 is 0. The van der Waals surface area contributed by atoms with E-state index in [-0.39, 0.29) is 12.1 Å². The zero-order valence-electron chi connectivity index (χ0n) is 4.87. The molecule has 0 saturated carbocycles. The van der Waals surface area contributed by atoms with Crippen LogP contribution in [0.3, 0.4) is 0 Å². The number of rotatable bonds is 3. The molecular formula is C5H9NO3. The number of aliphatic hydroxyl groups excluding tert-OH is 1. The molecule has 4 heteroatoms. The fraction of sp³-hybridized carbons (Fsp3) is 0.400. The van der Waals surface area contributed by atoms with Crippen molar-refractivity contribution in [1.82, 2.24) is 0 Å². The molecule has 9 heavy (non-hydrogen) atoms. The number of carboxylic acids is 1. The Kier molecular flexibility index (Phi) is 2.90. The van der Waals surface area contributed by atoms with Crippen LogP contribution in [0, 0.1) is 0 Å². The predicted octanol–water partition coefficient (Wildman–Crippen LogP) is -1.05. The molecule has 4 nitrogen and oxygen atoms in total. The van der Waals surface area contributed by atoms with Crippen molar-refractivity contribution in [3.63, 3.8) is 0 Å². The van der Waals surface area contributed by atoms with Crippen LogP contribution in [0.5, 0.6) is 0 Å². The van der Waals surface area contributed by atoms with Crippen molar-refractivity contribution in [2.24, 2.45) is 5.73 Å². The number of hydrogen-bond donors (Lipinski definition) is 3. The van der Waals surface area contributed by atoms with Gasteiger partial charge in [0.15, 0.2) is 0 Å². The highest BCUT2D eigenvalue weighted by Gasteiger charge is 2.12. The molecule has 0 aromatic heterocycles. The molecule has 0 bridgehead atoms. The van der Waals surface area contributed by atoms with Gasteiger partial charge in [0.25, 0.3) is 0 Å². The first-order valence-corrected chi connectivity index (χ1v) is 2.39. The third-order valence-corrected chi connectivity index (χ3v) is 0.900. The zero-order valence-corrected chi connectivity index (χ0v) is 4.87. The molecule has 0 amide bonds. The number of aliphatic carboxylic acids is 1. The maximum atomic E-state index is 9.98. The molecule has 0 aromatic carbocycles. The summed E-state index contributed by atoms with van der Waals surface area (Å²) in [5.41, 5.74) is 4.67. The van der Waals surface area contributed by atoms with Crippen LogP contribution in [0.15, 0.2) is 12.2 Å². The first-order valence-electron chi connectivity index (χ1n) is 2.39. The molecule has 0 fully saturated rings. The average Bonchev–Trinajstić information content (AvgIpc) is 1.84. The van der Waals surface area contributed by atoms with Gasteiger partial charge in [0.1, 0.15) is 0 Å². The summed E-state index contributed by atoms with van der Waals surface area (Å²) in [4.78, 5) is 9.98. The van der Waals surface area contributed by atoms with E-state index >= 15 is 0 Å². The van der Waals surface area contributed by atoms with Crippen LogP contribution in [0.25, 0.3) is 0 Å². The van der Waals surface area contributed by atoms with Gasteiger partial charge in [0.05, 0.1) is 11.7 Å². The summed E-state index contributed by atoms with van der Waals surface area (Å²) in [5.74, 6) is -1.21. The minimum Gasteiger partial charge on any atom is -0.478 e. The third-order valence-electron chi connectivity index (χ3n) is 0.900. The molecule has 0 radical (unpaired) electrons. The number of nitrogens with two attached hydrogens (primary N) is 1. The fourth-order valence-corrected chi connectivity index (χ4v) is 0.285. The minimum atomic E-state index is -1.21. The van der Waals surface area contributed by atoms with Crippen LogP contribution in [-0.4, -0.2) is 28.8 Å². The largest absolute Gasteiger partial charge is 0.478 e. The Hall–Kier alpha value is -0.870. The van der Waals surface area contributed by atoms with Crippen LogP contribution in [-0.2, 0) is 4.79 Å². The van der Waals surface area contributed by atoms with Crippen molar-refractivity contribution < 1.29 is 15.0 Å². The molecule has 0 heterocycles. The summed E-state index contributed by atoms with van der Waals surface area (Å²) in [7, 11) is 0. The van der Waals surface area contributed by atoms with E-state index in [0.717, 1.165) is 0 Å². The highest BCUT2D eigenvalue weighted by molar-refractivity contribution is 5.86. The maximum Gasteiger partial charge on any atom is 0.333 e. The minimum absolute atomic E-state index is 0.106. The van der Waals surface area contributed by atoms with Gasteiger partial charge in [0, 0.05) is 6.54 Å². The van der Waals surface area contributed by atoms with Gasteiger partial charge < -0.3 is 15.9 Å². The van der Waals surface area contributed by atoms with Crippen LogP contribution in [0.2, 0.25) is 0 Å². The quantitative estimate of drug-likeness (QED) is 0.426. The maximum absolute atomic E-state index is 9.98. The van der Waals surface area contributed by atoms with Gasteiger partial charge in [-0.05, 0) is 0 Å². The second-order valence-corrected chi connectivity index (χ2v) is 1.58. The fourth-order valence-electron chi connectivity index (χ4n) is 0.285. The first-order chi connectivity index (χ1) is 4.09. The second kappa shape index (κ2) is 3.21. The summed E-state index contributed by atoms with van der Waals surface area (Å²) in [6, 6.07) is 0. The second-order valence-electron chi connectivity index (χ2n) is 1.58. The van der Waals surface area contributed by atoms with Gasteiger partial charge in [-0.1, -0.05) is 6.58 Å². The van der Waals surface area contributed by atoms with Crippen molar-refractivity contribution in [2.75, 3.05) is 6.54 Å². The Morgan fingerprint density at radius 3 is 2.33 bits per heavy atom. The molecule has 0 spiro atoms. The highest BCUT2D eigenvalue weighted by Crippen LogP contribution is 1.95. The Morgan fingerprint density at radius 2 is 2.22 bits per heavy atom. The van der Waals surface area contributed by atoms with Gasteiger partial charge in [-0.25, -0.2) is 4.79 Å². The predicted molar refractivity (Wildman–Crippen MR) is 31.8 cm³/mol. The summed E-state index contributed by atoms with van der Waals surface area (Å²) < 4.78 is 0. The van der Waals surface area contributed by atoms with Gasteiger partial charge >= 0.3 is 5.97 Å². The molecule has 1 unspecified atom stereocenters. The van der Waals surface area contributed by atoms with Crippen molar-refractivity contribution in [3.05, 3.63) is 12.2 Å². The Bertz CT molecular complexity index is 132. The molecule has 0 saturated heterocycles. The SMILES string of the molecule is C=C(C(=O)O)C(O)CN. The topological polar surface area (TPSA) is 83.5 Å². The van der Waals surface area contributed by atoms with Gasteiger partial charge in [0.2, 0.25) is 0 Å². The smallest absolute Gasteiger partial charge is 0.333 e. The zero-order chi connectivity index (χ0) is 7.44. The van der Waals surface area contributed by atoms with Crippen LogP contribution >= 0.6 is 0 Å².